The van der Waals surface area contributed by atoms with Gasteiger partial charge in [0, 0.05) is 48.6 Å². The first kappa shape index (κ1) is 36.2. The fourth-order valence-corrected chi connectivity index (χ4v) is 5.97. The fraction of sp³-hybridized carbons (Fsp3) is 0.390. The summed E-state index contributed by atoms with van der Waals surface area (Å²) in [4.78, 5) is 48.8. The standard InChI is InChI=1S/C41H48N4O5/c1-3-5-7-8-9-23-50-36-21-19-31(20-22-36)34-25-42-38(43-26-34)32-15-13-30(14-16-32)24-37(40(47)45-27-35(28-45)41(48)49)44-39(46)33-17-11-29(12-18-33)10-6-4-2/h11-22,25-26,35,37H,3-10,23-24,27-28H2,1-2H3,(H,44,46)(H,48,49)/t37-/m0/s1. The van der Waals surface area contributed by atoms with Gasteiger partial charge < -0.3 is 20.1 Å². The number of aryl methyl sites for hydroxylation is 1. The number of nitrogens with one attached hydrogen (secondary N) is 1. The van der Waals surface area contributed by atoms with Crippen molar-refractivity contribution in [2.45, 2.75) is 77.7 Å². The lowest BCUT2D eigenvalue weighted by atomic mass is 9.96. The zero-order valence-electron chi connectivity index (χ0n) is 29.1. The first-order valence-electron chi connectivity index (χ1n) is 17.9. The van der Waals surface area contributed by atoms with Crippen LogP contribution >= 0.6 is 0 Å². The van der Waals surface area contributed by atoms with E-state index in [-0.39, 0.29) is 31.3 Å². The second-order valence-corrected chi connectivity index (χ2v) is 13.1. The normalized spacial score (nSPS) is 13.4. The maximum Gasteiger partial charge on any atom is 0.310 e. The molecule has 262 valence electrons. The molecular weight excluding hydrogens is 628 g/mol. The Morgan fingerprint density at radius 2 is 1.40 bits per heavy atom. The summed E-state index contributed by atoms with van der Waals surface area (Å²) in [5.74, 6) is -0.704. The molecule has 9 heteroatoms. The monoisotopic (exact) mass is 676 g/mol. The predicted molar refractivity (Wildman–Crippen MR) is 195 cm³/mol. The number of hydrogen-bond acceptors (Lipinski definition) is 6. The molecule has 0 radical (unpaired) electrons. The zero-order valence-corrected chi connectivity index (χ0v) is 29.1. The quantitative estimate of drug-likeness (QED) is 0.105. The largest absolute Gasteiger partial charge is 0.494 e. The van der Waals surface area contributed by atoms with Gasteiger partial charge in [0.2, 0.25) is 5.91 Å². The molecule has 9 nitrogen and oxygen atoms in total. The number of carbonyl (C=O) groups is 3. The lowest BCUT2D eigenvalue weighted by Crippen LogP contribution is -2.59. The number of carboxylic acid groups (broad SMARTS) is 1. The van der Waals surface area contributed by atoms with Gasteiger partial charge in [0.25, 0.3) is 5.91 Å². The molecule has 1 saturated heterocycles. The molecule has 1 aromatic heterocycles. The number of hydrogen-bond donors (Lipinski definition) is 2. The number of amides is 2. The highest BCUT2D eigenvalue weighted by Crippen LogP contribution is 2.24. The Balaban J connectivity index is 1.20. The van der Waals surface area contributed by atoms with Crippen LogP contribution in [0.25, 0.3) is 22.5 Å². The summed E-state index contributed by atoms with van der Waals surface area (Å²) in [5, 5.41) is 12.2. The number of likely N-dealkylation sites (tertiary alicyclic amines) is 1. The number of benzene rings is 3. The summed E-state index contributed by atoms with van der Waals surface area (Å²) >= 11 is 0. The molecule has 0 unspecified atom stereocenters. The van der Waals surface area contributed by atoms with Crippen LogP contribution in [0.1, 0.15) is 80.3 Å². The molecule has 0 spiro atoms. The van der Waals surface area contributed by atoms with E-state index < -0.39 is 17.9 Å². The highest BCUT2D eigenvalue weighted by molar-refractivity contribution is 5.98. The van der Waals surface area contributed by atoms with Crippen molar-refractivity contribution in [3.8, 4) is 28.3 Å². The van der Waals surface area contributed by atoms with Gasteiger partial charge in [-0.15, -0.1) is 0 Å². The van der Waals surface area contributed by atoms with Gasteiger partial charge in [0.1, 0.15) is 11.8 Å². The van der Waals surface area contributed by atoms with Crippen molar-refractivity contribution in [2.75, 3.05) is 19.7 Å². The van der Waals surface area contributed by atoms with Crippen LogP contribution in [0.5, 0.6) is 5.75 Å². The van der Waals surface area contributed by atoms with Crippen molar-refractivity contribution >= 4 is 17.8 Å². The van der Waals surface area contributed by atoms with E-state index in [4.69, 9.17) is 4.74 Å². The van der Waals surface area contributed by atoms with Gasteiger partial charge >= 0.3 is 5.97 Å². The minimum atomic E-state index is -0.921. The molecule has 2 N–H and O–H groups in total. The smallest absolute Gasteiger partial charge is 0.310 e. The molecule has 5 rings (SSSR count). The molecule has 2 amide bonds. The minimum Gasteiger partial charge on any atom is -0.494 e. The van der Waals surface area contributed by atoms with Gasteiger partial charge in [-0.25, -0.2) is 9.97 Å². The van der Waals surface area contributed by atoms with Gasteiger partial charge in [-0.3, -0.25) is 14.4 Å². The van der Waals surface area contributed by atoms with Gasteiger partial charge in [0.15, 0.2) is 5.82 Å². The van der Waals surface area contributed by atoms with Gasteiger partial charge in [-0.05, 0) is 60.2 Å². The number of carboxylic acids is 1. The molecule has 2 heterocycles. The average Bonchev–Trinajstić information content (AvgIpc) is 3.12. The number of rotatable bonds is 18. The lowest BCUT2D eigenvalue weighted by molar-refractivity contribution is -0.153. The highest BCUT2D eigenvalue weighted by atomic mass is 16.5. The molecular formula is C41H48N4O5. The summed E-state index contributed by atoms with van der Waals surface area (Å²) in [6.07, 6.45) is 13.0. The predicted octanol–water partition coefficient (Wildman–Crippen LogP) is 7.39. The topological polar surface area (TPSA) is 122 Å². The fourth-order valence-electron chi connectivity index (χ4n) is 5.97. The molecule has 1 fully saturated rings. The van der Waals surface area contributed by atoms with Crippen molar-refractivity contribution < 1.29 is 24.2 Å². The SMILES string of the molecule is CCCCCCCOc1ccc(-c2cnc(-c3ccc(C[C@H](NC(=O)c4ccc(CCCC)cc4)C(=O)N4CC(C(=O)O)C4)cc3)nc2)cc1. The second-order valence-electron chi connectivity index (χ2n) is 13.1. The second kappa shape index (κ2) is 18.1. The number of ether oxygens (including phenoxy) is 1. The number of carbonyl (C=O) groups excluding carboxylic acids is 2. The Kier molecular flexibility index (Phi) is 13.1. The summed E-state index contributed by atoms with van der Waals surface area (Å²) in [5.41, 5.74) is 5.22. The third kappa shape index (κ3) is 10.00. The maximum absolute atomic E-state index is 13.5. The third-order valence-electron chi connectivity index (χ3n) is 9.19. The van der Waals surface area contributed by atoms with E-state index in [2.05, 4.69) is 29.1 Å². The van der Waals surface area contributed by atoms with Crippen LogP contribution in [0.4, 0.5) is 0 Å². The van der Waals surface area contributed by atoms with E-state index >= 15 is 0 Å². The molecule has 0 saturated carbocycles. The molecule has 50 heavy (non-hydrogen) atoms. The lowest BCUT2D eigenvalue weighted by Gasteiger charge is -2.39. The Hall–Kier alpha value is -5.05. The molecule has 4 aromatic rings. The van der Waals surface area contributed by atoms with Crippen LogP contribution < -0.4 is 10.1 Å². The minimum absolute atomic E-state index is 0.135. The third-order valence-corrected chi connectivity index (χ3v) is 9.19. The summed E-state index contributed by atoms with van der Waals surface area (Å²) in [6, 6.07) is 22.2. The maximum atomic E-state index is 13.5. The van der Waals surface area contributed by atoms with Crippen LogP contribution in [-0.4, -0.2) is 63.5 Å². The Morgan fingerprint density at radius 3 is 2.04 bits per heavy atom. The molecule has 1 aliphatic rings. The van der Waals surface area contributed by atoms with E-state index in [1.807, 2.05) is 60.7 Å². The van der Waals surface area contributed by atoms with Crippen molar-refractivity contribution in [1.82, 2.24) is 20.2 Å². The highest BCUT2D eigenvalue weighted by Gasteiger charge is 2.38. The van der Waals surface area contributed by atoms with Crippen molar-refractivity contribution in [3.05, 3.63) is 102 Å². The van der Waals surface area contributed by atoms with Crippen LogP contribution in [0.3, 0.4) is 0 Å². The van der Waals surface area contributed by atoms with Crippen LogP contribution in [0.2, 0.25) is 0 Å². The van der Waals surface area contributed by atoms with Crippen LogP contribution in [0, 0.1) is 5.92 Å². The first-order valence-corrected chi connectivity index (χ1v) is 17.9. The summed E-state index contributed by atoms with van der Waals surface area (Å²) in [6.45, 7) is 5.35. The number of unbranched alkanes of at least 4 members (excludes halogenated alkanes) is 5. The van der Waals surface area contributed by atoms with E-state index in [0.717, 1.165) is 65.9 Å². The summed E-state index contributed by atoms with van der Waals surface area (Å²) in [7, 11) is 0. The molecule has 0 bridgehead atoms. The van der Waals surface area contributed by atoms with Crippen LogP contribution in [0.15, 0.2) is 85.2 Å². The zero-order chi connectivity index (χ0) is 35.3. The first-order chi connectivity index (χ1) is 24.3. The van der Waals surface area contributed by atoms with Gasteiger partial charge in [-0.1, -0.05) is 94.5 Å². The van der Waals surface area contributed by atoms with E-state index in [1.165, 1.54) is 30.6 Å². The number of aliphatic carboxylic acids is 1. The van der Waals surface area contributed by atoms with E-state index in [1.54, 1.807) is 24.5 Å². The van der Waals surface area contributed by atoms with Crippen molar-refractivity contribution in [1.29, 1.82) is 0 Å². The van der Waals surface area contributed by atoms with E-state index in [9.17, 15) is 19.5 Å². The Morgan fingerprint density at radius 1 is 0.780 bits per heavy atom. The Bertz CT molecular complexity index is 1680. The van der Waals surface area contributed by atoms with Gasteiger partial charge in [-0.2, -0.15) is 0 Å². The average molecular weight is 677 g/mol. The van der Waals surface area contributed by atoms with Crippen LogP contribution in [-0.2, 0) is 22.4 Å². The molecule has 1 aliphatic heterocycles. The van der Waals surface area contributed by atoms with Crippen molar-refractivity contribution in [2.24, 2.45) is 5.92 Å². The molecule has 3 aromatic carbocycles. The summed E-state index contributed by atoms with van der Waals surface area (Å²) < 4.78 is 5.89. The molecule has 1 atom stereocenters. The number of aromatic nitrogens is 2. The number of nitrogens with zero attached hydrogens (tertiary/aromatic N) is 3. The molecule has 0 aliphatic carbocycles. The van der Waals surface area contributed by atoms with E-state index in [0.29, 0.717) is 11.4 Å². The Labute approximate surface area is 295 Å². The van der Waals surface area contributed by atoms with Crippen molar-refractivity contribution in [3.63, 3.8) is 0 Å². The van der Waals surface area contributed by atoms with Gasteiger partial charge in [0.05, 0.1) is 12.5 Å².